The number of nitrogens with zero attached hydrogens (tertiary/aromatic N) is 1. The maximum Gasteiger partial charge on any atom is 0.264 e. The van der Waals surface area contributed by atoms with Gasteiger partial charge in [0.15, 0.2) is 0 Å². The van der Waals surface area contributed by atoms with Crippen molar-refractivity contribution in [3.8, 4) is 11.5 Å². The van der Waals surface area contributed by atoms with Crippen molar-refractivity contribution in [3.63, 3.8) is 0 Å². The van der Waals surface area contributed by atoms with Gasteiger partial charge in [0.05, 0.1) is 36.4 Å². The van der Waals surface area contributed by atoms with Crippen LogP contribution in [-0.4, -0.2) is 22.6 Å². The van der Waals surface area contributed by atoms with Crippen molar-refractivity contribution in [2.24, 2.45) is 0 Å². The molecule has 0 saturated carbocycles. The lowest BCUT2D eigenvalue weighted by molar-refractivity contribution is 0.393. The summed E-state index contributed by atoms with van der Waals surface area (Å²) in [6.45, 7) is 0.00883. The molecule has 0 atom stereocenters. The highest BCUT2D eigenvalue weighted by molar-refractivity contribution is 7.92. The molecular formula is C21H19ClFNO4S. The third-order valence-electron chi connectivity index (χ3n) is 4.26. The Morgan fingerprint density at radius 2 is 1.55 bits per heavy atom. The first kappa shape index (κ1) is 21.0. The summed E-state index contributed by atoms with van der Waals surface area (Å²) in [5, 5.41) is -0.262. The van der Waals surface area contributed by atoms with Crippen LogP contribution in [0, 0.1) is 5.82 Å². The molecule has 0 unspecified atom stereocenters. The Bertz CT molecular complexity index is 1080. The fourth-order valence-corrected chi connectivity index (χ4v) is 4.52. The maximum absolute atomic E-state index is 13.6. The molecule has 5 nitrogen and oxygen atoms in total. The number of rotatable bonds is 7. The first-order chi connectivity index (χ1) is 13.8. The average Bonchev–Trinajstić information content (AvgIpc) is 2.74. The molecule has 152 valence electrons. The summed E-state index contributed by atoms with van der Waals surface area (Å²) in [5.74, 6) is 0.388. The number of sulfonamides is 1. The zero-order valence-electron chi connectivity index (χ0n) is 15.8. The third kappa shape index (κ3) is 4.63. The average molecular weight is 436 g/mol. The molecular weight excluding hydrogens is 417 g/mol. The molecule has 0 heterocycles. The van der Waals surface area contributed by atoms with E-state index in [0.29, 0.717) is 22.7 Å². The Kier molecular flexibility index (Phi) is 6.30. The van der Waals surface area contributed by atoms with Gasteiger partial charge in [0, 0.05) is 6.07 Å². The minimum atomic E-state index is -4.03. The summed E-state index contributed by atoms with van der Waals surface area (Å²) in [4.78, 5) is -0.109. The minimum absolute atomic E-state index is 0.00883. The van der Waals surface area contributed by atoms with E-state index in [4.69, 9.17) is 21.1 Å². The smallest absolute Gasteiger partial charge is 0.264 e. The van der Waals surface area contributed by atoms with Crippen LogP contribution >= 0.6 is 11.6 Å². The van der Waals surface area contributed by atoms with E-state index in [2.05, 4.69) is 0 Å². The van der Waals surface area contributed by atoms with Crippen molar-refractivity contribution >= 4 is 27.3 Å². The molecule has 0 spiro atoms. The first-order valence-electron chi connectivity index (χ1n) is 8.60. The van der Waals surface area contributed by atoms with Crippen LogP contribution in [0.15, 0.2) is 71.6 Å². The molecule has 0 saturated heterocycles. The lowest BCUT2D eigenvalue weighted by atomic mass is 10.2. The van der Waals surface area contributed by atoms with Gasteiger partial charge in [-0.1, -0.05) is 29.8 Å². The molecule has 0 fully saturated rings. The van der Waals surface area contributed by atoms with Gasteiger partial charge in [0.25, 0.3) is 10.0 Å². The topological polar surface area (TPSA) is 55.8 Å². The number of anilines is 1. The second-order valence-electron chi connectivity index (χ2n) is 6.14. The quantitative estimate of drug-likeness (QED) is 0.530. The Morgan fingerprint density at radius 1 is 0.931 bits per heavy atom. The predicted molar refractivity (Wildman–Crippen MR) is 111 cm³/mol. The van der Waals surface area contributed by atoms with Crippen LogP contribution in [0.3, 0.4) is 0 Å². The zero-order chi connectivity index (χ0) is 21.0. The molecule has 0 aliphatic heterocycles. The Hall–Kier alpha value is -2.77. The van der Waals surface area contributed by atoms with E-state index in [1.54, 1.807) is 48.5 Å². The van der Waals surface area contributed by atoms with Crippen molar-refractivity contribution in [2.75, 3.05) is 18.5 Å². The first-order valence-corrected chi connectivity index (χ1v) is 10.4. The van der Waals surface area contributed by atoms with Crippen LogP contribution < -0.4 is 13.8 Å². The molecule has 3 aromatic rings. The zero-order valence-corrected chi connectivity index (χ0v) is 17.4. The standard InChI is InChI=1S/C21H19ClFNO4S/c1-27-17-10-15(11-18(12-17)28-2)14-24(16-6-4-3-5-7-16)29(25,26)19-8-9-21(23)20(22)13-19/h3-13H,14H2,1-2H3. The monoisotopic (exact) mass is 435 g/mol. The van der Waals surface area contributed by atoms with E-state index in [1.165, 1.54) is 24.6 Å². The summed E-state index contributed by atoms with van der Waals surface area (Å²) >= 11 is 5.82. The summed E-state index contributed by atoms with van der Waals surface area (Å²) in [7, 11) is -0.993. The number of ether oxygens (including phenoxy) is 2. The highest BCUT2D eigenvalue weighted by Gasteiger charge is 2.26. The number of hydrogen-bond acceptors (Lipinski definition) is 4. The number of methoxy groups -OCH3 is 2. The van der Waals surface area contributed by atoms with E-state index in [0.717, 1.165) is 12.1 Å². The van der Waals surface area contributed by atoms with Crippen LogP contribution in [0.25, 0.3) is 0 Å². The highest BCUT2D eigenvalue weighted by Crippen LogP contribution is 2.30. The highest BCUT2D eigenvalue weighted by atomic mass is 35.5. The van der Waals surface area contributed by atoms with Crippen molar-refractivity contribution in [1.82, 2.24) is 0 Å². The molecule has 0 aromatic heterocycles. The predicted octanol–water partition coefficient (Wildman–Crippen LogP) is 4.89. The molecule has 0 amide bonds. The summed E-state index contributed by atoms with van der Waals surface area (Å²) in [5.41, 5.74) is 1.11. The summed E-state index contributed by atoms with van der Waals surface area (Å²) in [6, 6.07) is 17.1. The summed E-state index contributed by atoms with van der Waals surface area (Å²) in [6.07, 6.45) is 0. The van der Waals surface area contributed by atoms with Crippen molar-refractivity contribution in [2.45, 2.75) is 11.4 Å². The van der Waals surface area contributed by atoms with Crippen molar-refractivity contribution in [1.29, 1.82) is 0 Å². The van der Waals surface area contributed by atoms with E-state index >= 15 is 0 Å². The molecule has 3 aromatic carbocycles. The summed E-state index contributed by atoms with van der Waals surface area (Å²) < 4.78 is 52.1. The fraction of sp³-hybridized carbons (Fsp3) is 0.143. The largest absolute Gasteiger partial charge is 0.497 e. The maximum atomic E-state index is 13.6. The van der Waals surface area contributed by atoms with Crippen LogP contribution in [0.5, 0.6) is 11.5 Å². The van der Waals surface area contributed by atoms with Crippen LogP contribution in [0.1, 0.15) is 5.56 Å². The molecule has 0 aliphatic carbocycles. The number of benzene rings is 3. The Labute approximate surface area is 174 Å². The van der Waals surface area contributed by atoms with Gasteiger partial charge in [-0.25, -0.2) is 12.8 Å². The van der Waals surface area contributed by atoms with Gasteiger partial charge in [0.2, 0.25) is 0 Å². The number of para-hydroxylation sites is 1. The SMILES string of the molecule is COc1cc(CN(c2ccccc2)S(=O)(=O)c2ccc(F)c(Cl)c2)cc(OC)c1. The molecule has 29 heavy (non-hydrogen) atoms. The van der Waals surface area contributed by atoms with Crippen LogP contribution in [0.2, 0.25) is 5.02 Å². The van der Waals surface area contributed by atoms with Gasteiger partial charge in [-0.15, -0.1) is 0 Å². The van der Waals surface area contributed by atoms with Gasteiger partial charge in [0.1, 0.15) is 17.3 Å². The second-order valence-corrected chi connectivity index (χ2v) is 8.41. The molecule has 0 bridgehead atoms. The van der Waals surface area contributed by atoms with Gasteiger partial charge in [-0.05, 0) is 48.0 Å². The van der Waals surface area contributed by atoms with E-state index in [9.17, 15) is 12.8 Å². The Morgan fingerprint density at radius 3 is 2.10 bits per heavy atom. The number of halogens is 2. The van der Waals surface area contributed by atoms with Gasteiger partial charge in [-0.3, -0.25) is 4.31 Å². The molecule has 0 radical (unpaired) electrons. The fourth-order valence-electron chi connectivity index (χ4n) is 2.80. The normalized spacial score (nSPS) is 11.2. The molecule has 3 rings (SSSR count). The van der Waals surface area contributed by atoms with Gasteiger partial charge in [-0.2, -0.15) is 0 Å². The van der Waals surface area contributed by atoms with E-state index in [1.807, 2.05) is 0 Å². The molecule has 0 N–H and O–H groups in total. The lowest BCUT2D eigenvalue weighted by Gasteiger charge is -2.25. The van der Waals surface area contributed by atoms with Crippen LogP contribution in [0.4, 0.5) is 10.1 Å². The Balaban J connectivity index is 2.10. The lowest BCUT2D eigenvalue weighted by Crippen LogP contribution is -2.30. The van der Waals surface area contributed by atoms with Gasteiger partial charge >= 0.3 is 0 Å². The minimum Gasteiger partial charge on any atom is -0.497 e. The van der Waals surface area contributed by atoms with Crippen molar-refractivity contribution in [3.05, 3.63) is 83.1 Å². The van der Waals surface area contributed by atoms with Crippen molar-refractivity contribution < 1.29 is 22.3 Å². The number of hydrogen-bond donors (Lipinski definition) is 0. The second kappa shape index (κ2) is 8.71. The molecule has 8 heteroatoms. The third-order valence-corrected chi connectivity index (χ3v) is 6.32. The van der Waals surface area contributed by atoms with E-state index < -0.39 is 15.8 Å². The van der Waals surface area contributed by atoms with Gasteiger partial charge < -0.3 is 9.47 Å². The van der Waals surface area contributed by atoms with Crippen LogP contribution in [-0.2, 0) is 16.6 Å². The van der Waals surface area contributed by atoms with E-state index in [-0.39, 0.29) is 16.5 Å². The molecule has 0 aliphatic rings.